The predicted molar refractivity (Wildman–Crippen MR) is 65.5 cm³/mol. The summed E-state index contributed by atoms with van der Waals surface area (Å²) >= 11 is 0. The van der Waals surface area contributed by atoms with E-state index in [1.165, 1.54) is 0 Å². The Labute approximate surface area is 102 Å². The number of rotatable bonds is 3. The average Bonchev–Trinajstić information content (AvgIpc) is 2.18. The molecule has 0 fully saturated rings. The maximum Gasteiger partial charge on any atom is 0.407 e. The second kappa shape index (κ2) is 5.57. The van der Waals surface area contributed by atoms with E-state index in [-0.39, 0.29) is 5.75 Å². The zero-order valence-electron chi connectivity index (χ0n) is 10.4. The molecule has 0 atom stereocenters. The first kappa shape index (κ1) is 13.4. The van der Waals surface area contributed by atoms with Crippen molar-refractivity contribution in [3.8, 4) is 5.75 Å². The van der Waals surface area contributed by atoms with Gasteiger partial charge in [-0.25, -0.2) is 4.79 Å². The number of phenols is 1. The van der Waals surface area contributed by atoms with Gasteiger partial charge < -0.3 is 15.2 Å². The molecule has 0 aliphatic heterocycles. The molecule has 0 heterocycles. The highest BCUT2D eigenvalue weighted by Crippen LogP contribution is 2.10. The molecular weight excluding hydrogens is 218 g/mol. The molecule has 0 unspecified atom stereocenters. The van der Waals surface area contributed by atoms with E-state index in [4.69, 9.17) is 9.84 Å². The van der Waals surface area contributed by atoms with E-state index in [1.54, 1.807) is 30.8 Å². The van der Waals surface area contributed by atoms with Crippen LogP contribution in [0.5, 0.6) is 5.75 Å². The second-order valence-corrected chi connectivity index (χ2v) is 4.72. The summed E-state index contributed by atoms with van der Waals surface area (Å²) in [6, 6.07) is 6.80. The van der Waals surface area contributed by atoms with Crippen molar-refractivity contribution in [1.29, 1.82) is 0 Å². The SMILES string of the molecule is CC(C)(C)OC(=O)N[CH]Cc1ccc(O)cc1. The summed E-state index contributed by atoms with van der Waals surface area (Å²) in [5.41, 5.74) is 0.509. The third-order valence-corrected chi connectivity index (χ3v) is 1.89. The van der Waals surface area contributed by atoms with E-state index in [9.17, 15) is 4.79 Å². The van der Waals surface area contributed by atoms with Crippen LogP contribution in [-0.2, 0) is 11.2 Å². The minimum absolute atomic E-state index is 0.230. The molecule has 0 aromatic heterocycles. The van der Waals surface area contributed by atoms with Gasteiger partial charge in [-0.1, -0.05) is 12.1 Å². The summed E-state index contributed by atoms with van der Waals surface area (Å²) in [5, 5.41) is 11.7. The van der Waals surface area contributed by atoms with Gasteiger partial charge in [0.2, 0.25) is 0 Å². The summed E-state index contributed by atoms with van der Waals surface area (Å²) in [6.45, 7) is 7.06. The molecule has 4 heteroatoms. The molecular formula is C13H18NO3. The summed E-state index contributed by atoms with van der Waals surface area (Å²) in [5.74, 6) is 0.230. The van der Waals surface area contributed by atoms with E-state index in [1.807, 2.05) is 20.8 Å². The lowest BCUT2D eigenvalue weighted by Gasteiger charge is -2.19. The predicted octanol–water partition coefficient (Wildman–Crippen LogP) is 2.62. The number of alkyl carbamates (subject to hydrolysis) is 1. The molecule has 1 amide bonds. The number of carbonyl (C=O) groups is 1. The number of benzene rings is 1. The largest absolute Gasteiger partial charge is 0.508 e. The van der Waals surface area contributed by atoms with Crippen molar-refractivity contribution in [1.82, 2.24) is 5.32 Å². The maximum atomic E-state index is 11.3. The van der Waals surface area contributed by atoms with Crippen molar-refractivity contribution in [2.75, 3.05) is 0 Å². The molecule has 1 aromatic rings. The van der Waals surface area contributed by atoms with E-state index in [0.717, 1.165) is 5.56 Å². The van der Waals surface area contributed by atoms with Crippen LogP contribution in [0.1, 0.15) is 26.3 Å². The molecule has 93 valence electrons. The lowest BCUT2D eigenvalue weighted by molar-refractivity contribution is 0.0542. The lowest BCUT2D eigenvalue weighted by atomic mass is 10.1. The Bertz CT molecular complexity index is 365. The van der Waals surface area contributed by atoms with Crippen LogP contribution in [0.3, 0.4) is 0 Å². The Balaban J connectivity index is 2.28. The summed E-state index contributed by atoms with van der Waals surface area (Å²) in [7, 11) is 0. The molecule has 1 aromatic carbocycles. The molecule has 0 aliphatic rings. The van der Waals surface area contributed by atoms with Crippen LogP contribution in [-0.4, -0.2) is 16.8 Å². The molecule has 0 spiro atoms. The van der Waals surface area contributed by atoms with Gasteiger partial charge in [-0.05, 0) is 44.9 Å². The van der Waals surface area contributed by atoms with Gasteiger partial charge in [-0.3, -0.25) is 0 Å². The Morgan fingerprint density at radius 3 is 2.47 bits per heavy atom. The first-order valence-corrected chi connectivity index (χ1v) is 5.46. The molecule has 1 radical (unpaired) electrons. The third-order valence-electron chi connectivity index (χ3n) is 1.89. The number of carbonyl (C=O) groups excluding carboxylic acids is 1. The Hall–Kier alpha value is -1.71. The van der Waals surface area contributed by atoms with Crippen molar-refractivity contribution in [2.45, 2.75) is 32.8 Å². The van der Waals surface area contributed by atoms with Crippen LogP contribution in [0.4, 0.5) is 4.79 Å². The monoisotopic (exact) mass is 236 g/mol. The maximum absolute atomic E-state index is 11.3. The second-order valence-electron chi connectivity index (χ2n) is 4.72. The van der Waals surface area contributed by atoms with Crippen LogP contribution in [0.15, 0.2) is 24.3 Å². The van der Waals surface area contributed by atoms with Crippen molar-refractivity contribution in [3.05, 3.63) is 36.4 Å². The lowest BCUT2D eigenvalue weighted by Crippen LogP contribution is -2.31. The fourth-order valence-corrected chi connectivity index (χ4v) is 1.19. The number of ether oxygens (including phenoxy) is 1. The fourth-order valence-electron chi connectivity index (χ4n) is 1.19. The van der Waals surface area contributed by atoms with Crippen LogP contribution >= 0.6 is 0 Å². The van der Waals surface area contributed by atoms with E-state index in [2.05, 4.69) is 5.32 Å². The van der Waals surface area contributed by atoms with Gasteiger partial charge in [-0.2, -0.15) is 0 Å². The number of phenolic OH excluding ortho intramolecular Hbond substituents is 1. The van der Waals surface area contributed by atoms with Gasteiger partial charge in [0.1, 0.15) is 11.4 Å². The number of nitrogens with one attached hydrogen (secondary N) is 1. The Morgan fingerprint density at radius 1 is 1.35 bits per heavy atom. The average molecular weight is 236 g/mol. The molecule has 0 saturated carbocycles. The molecule has 0 bridgehead atoms. The van der Waals surface area contributed by atoms with Crippen LogP contribution in [0.25, 0.3) is 0 Å². The first-order valence-electron chi connectivity index (χ1n) is 5.46. The number of amides is 1. The summed E-state index contributed by atoms with van der Waals surface area (Å²) < 4.78 is 5.07. The highest BCUT2D eigenvalue weighted by atomic mass is 16.6. The molecule has 0 aliphatic carbocycles. The number of aromatic hydroxyl groups is 1. The minimum Gasteiger partial charge on any atom is -0.508 e. The van der Waals surface area contributed by atoms with E-state index < -0.39 is 11.7 Å². The number of hydrogen-bond donors (Lipinski definition) is 2. The minimum atomic E-state index is -0.490. The Kier molecular flexibility index (Phi) is 4.37. The van der Waals surface area contributed by atoms with Crippen LogP contribution in [0, 0.1) is 6.54 Å². The topological polar surface area (TPSA) is 58.6 Å². The van der Waals surface area contributed by atoms with Crippen molar-refractivity contribution in [3.63, 3.8) is 0 Å². The highest BCUT2D eigenvalue weighted by Gasteiger charge is 2.15. The van der Waals surface area contributed by atoms with E-state index >= 15 is 0 Å². The normalized spacial score (nSPS) is 11.0. The fraction of sp³-hybridized carbons (Fsp3) is 0.385. The number of hydrogen-bond acceptors (Lipinski definition) is 3. The van der Waals surface area contributed by atoms with Gasteiger partial charge in [0.05, 0.1) is 6.54 Å². The molecule has 0 saturated heterocycles. The zero-order chi connectivity index (χ0) is 12.9. The van der Waals surface area contributed by atoms with Gasteiger partial charge in [0.15, 0.2) is 0 Å². The summed E-state index contributed by atoms with van der Waals surface area (Å²) in [4.78, 5) is 11.3. The van der Waals surface area contributed by atoms with Gasteiger partial charge in [0.25, 0.3) is 0 Å². The zero-order valence-corrected chi connectivity index (χ0v) is 10.4. The van der Waals surface area contributed by atoms with Gasteiger partial charge in [-0.15, -0.1) is 0 Å². The van der Waals surface area contributed by atoms with Crippen molar-refractivity contribution < 1.29 is 14.6 Å². The van der Waals surface area contributed by atoms with Crippen molar-refractivity contribution >= 4 is 6.09 Å². The first-order chi connectivity index (χ1) is 7.87. The quantitative estimate of drug-likeness (QED) is 0.848. The third kappa shape index (κ3) is 5.80. The van der Waals surface area contributed by atoms with Crippen molar-refractivity contribution in [2.24, 2.45) is 0 Å². The molecule has 2 N–H and O–H groups in total. The highest BCUT2D eigenvalue weighted by molar-refractivity contribution is 5.68. The summed E-state index contributed by atoms with van der Waals surface area (Å²) in [6.07, 6.45) is 0.121. The molecule has 17 heavy (non-hydrogen) atoms. The standard InChI is InChI=1S/C13H18NO3/c1-13(2,3)17-12(16)14-9-8-10-4-6-11(15)7-5-10/h4-7,9,15H,8H2,1-3H3,(H,14,16). The van der Waals surface area contributed by atoms with Gasteiger partial charge in [0, 0.05) is 0 Å². The Morgan fingerprint density at radius 2 is 1.94 bits per heavy atom. The molecule has 4 nitrogen and oxygen atoms in total. The molecule has 1 rings (SSSR count). The smallest absolute Gasteiger partial charge is 0.407 e. The van der Waals surface area contributed by atoms with Crippen LogP contribution < -0.4 is 5.32 Å². The van der Waals surface area contributed by atoms with E-state index in [0.29, 0.717) is 6.42 Å². The van der Waals surface area contributed by atoms with Gasteiger partial charge >= 0.3 is 6.09 Å². The van der Waals surface area contributed by atoms with Crippen LogP contribution in [0.2, 0.25) is 0 Å².